The Hall–Kier alpha value is -0.590. The van der Waals surface area contributed by atoms with Crippen LogP contribution in [0.1, 0.15) is 6.42 Å². The Morgan fingerprint density at radius 1 is 1.75 bits per heavy atom. The zero-order valence-corrected chi connectivity index (χ0v) is 5.31. The van der Waals surface area contributed by atoms with Crippen molar-refractivity contribution in [1.29, 1.82) is 5.26 Å². The average Bonchev–Trinajstić information content (AvgIpc) is 1.83. The number of hydrogen-bond donors (Lipinski definition) is 1. The molecule has 0 unspecified atom stereocenters. The highest BCUT2D eigenvalue weighted by Crippen LogP contribution is 1.76. The van der Waals surface area contributed by atoms with E-state index in [1.54, 1.807) is 0 Å². The Morgan fingerprint density at radius 3 is 2.75 bits per heavy atom. The zero-order valence-electron chi connectivity index (χ0n) is 5.31. The highest BCUT2D eigenvalue weighted by Gasteiger charge is 1.88. The van der Waals surface area contributed by atoms with Crippen LogP contribution in [0, 0.1) is 11.3 Å². The van der Waals surface area contributed by atoms with Crippen molar-refractivity contribution >= 4 is 0 Å². The molecule has 0 aromatic rings. The van der Waals surface area contributed by atoms with Gasteiger partial charge in [0, 0.05) is 20.0 Å². The van der Waals surface area contributed by atoms with Crippen molar-refractivity contribution in [2.24, 2.45) is 0 Å². The first-order chi connectivity index (χ1) is 3.81. The summed E-state index contributed by atoms with van der Waals surface area (Å²) in [6.07, 6.45) is 0.581. The van der Waals surface area contributed by atoms with E-state index >= 15 is 0 Å². The van der Waals surface area contributed by atoms with Crippen molar-refractivity contribution in [1.82, 2.24) is 10.4 Å². The van der Waals surface area contributed by atoms with Crippen LogP contribution in [0.4, 0.5) is 0 Å². The maximum absolute atomic E-state index is 8.11. The summed E-state index contributed by atoms with van der Waals surface area (Å²) in [7, 11) is 3.73. The standard InChI is InChI=1S/C5H11N3/c1-7-8(2)5-3-4-6/h7H,3,5H2,1-2H3. The van der Waals surface area contributed by atoms with E-state index < -0.39 is 0 Å². The highest BCUT2D eigenvalue weighted by atomic mass is 15.5. The van der Waals surface area contributed by atoms with Crippen molar-refractivity contribution in [2.75, 3.05) is 20.6 Å². The maximum Gasteiger partial charge on any atom is 0.0635 e. The summed E-state index contributed by atoms with van der Waals surface area (Å²) in [6, 6.07) is 2.05. The minimum atomic E-state index is 0.581. The third-order valence-corrected chi connectivity index (χ3v) is 0.941. The molecule has 0 atom stereocenters. The van der Waals surface area contributed by atoms with Gasteiger partial charge in [0.25, 0.3) is 0 Å². The van der Waals surface area contributed by atoms with E-state index in [2.05, 4.69) is 11.5 Å². The molecular weight excluding hydrogens is 102 g/mol. The molecule has 0 amide bonds. The lowest BCUT2D eigenvalue weighted by molar-refractivity contribution is 0.267. The predicted octanol–water partition coefficient (Wildman–Crippen LogP) is -0.0337. The third-order valence-electron chi connectivity index (χ3n) is 0.941. The van der Waals surface area contributed by atoms with Gasteiger partial charge in [0.1, 0.15) is 0 Å². The second-order valence-electron chi connectivity index (χ2n) is 1.55. The van der Waals surface area contributed by atoms with E-state index in [9.17, 15) is 0 Å². The summed E-state index contributed by atoms with van der Waals surface area (Å²) in [6.45, 7) is 0.785. The Balaban J connectivity index is 3.01. The summed E-state index contributed by atoms with van der Waals surface area (Å²) >= 11 is 0. The largest absolute Gasteiger partial charge is 0.259 e. The average molecular weight is 113 g/mol. The molecular formula is C5H11N3. The van der Waals surface area contributed by atoms with Crippen LogP contribution in [-0.4, -0.2) is 25.6 Å². The zero-order chi connectivity index (χ0) is 6.41. The first-order valence-electron chi connectivity index (χ1n) is 2.56. The maximum atomic E-state index is 8.11. The Kier molecular flexibility index (Phi) is 4.23. The number of rotatable bonds is 3. The van der Waals surface area contributed by atoms with E-state index in [-0.39, 0.29) is 0 Å². The van der Waals surface area contributed by atoms with Gasteiger partial charge < -0.3 is 0 Å². The van der Waals surface area contributed by atoms with Gasteiger partial charge in [0.05, 0.1) is 6.07 Å². The first kappa shape index (κ1) is 7.41. The second-order valence-corrected chi connectivity index (χ2v) is 1.55. The first-order valence-corrected chi connectivity index (χ1v) is 2.56. The minimum absolute atomic E-state index is 0.581. The Morgan fingerprint density at radius 2 is 2.38 bits per heavy atom. The summed E-state index contributed by atoms with van der Waals surface area (Å²) in [5, 5.41) is 9.97. The molecule has 0 radical (unpaired) electrons. The third kappa shape index (κ3) is 3.59. The molecule has 0 spiro atoms. The quantitative estimate of drug-likeness (QED) is 0.522. The lowest BCUT2D eigenvalue weighted by atomic mass is 10.5. The van der Waals surface area contributed by atoms with Crippen LogP contribution in [0.15, 0.2) is 0 Å². The van der Waals surface area contributed by atoms with Crippen molar-refractivity contribution in [2.45, 2.75) is 6.42 Å². The molecule has 0 aliphatic heterocycles. The van der Waals surface area contributed by atoms with E-state index in [0.29, 0.717) is 6.42 Å². The molecule has 0 saturated carbocycles. The summed E-state index contributed by atoms with van der Waals surface area (Å²) in [5.41, 5.74) is 2.88. The topological polar surface area (TPSA) is 39.1 Å². The predicted molar refractivity (Wildman–Crippen MR) is 31.9 cm³/mol. The summed E-state index contributed by atoms with van der Waals surface area (Å²) in [4.78, 5) is 0. The van der Waals surface area contributed by atoms with Crippen LogP contribution in [0.2, 0.25) is 0 Å². The van der Waals surface area contributed by atoms with Crippen LogP contribution < -0.4 is 5.43 Å². The van der Waals surface area contributed by atoms with Gasteiger partial charge in [-0.05, 0) is 7.05 Å². The van der Waals surface area contributed by atoms with E-state index in [1.165, 1.54) is 0 Å². The van der Waals surface area contributed by atoms with Gasteiger partial charge in [0.2, 0.25) is 0 Å². The summed E-state index contributed by atoms with van der Waals surface area (Å²) < 4.78 is 0. The van der Waals surface area contributed by atoms with E-state index in [4.69, 9.17) is 5.26 Å². The molecule has 0 rings (SSSR count). The number of hydrogen-bond acceptors (Lipinski definition) is 3. The lowest BCUT2D eigenvalue weighted by Gasteiger charge is -2.10. The molecule has 8 heavy (non-hydrogen) atoms. The van der Waals surface area contributed by atoms with E-state index in [0.717, 1.165) is 6.54 Å². The Bertz CT molecular complexity index is 84.2. The van der Waals surface area contributed by atoms with Crippen LogP contribution >= 0.6 is 0 Å². The van der Waals surface area contributed by atoms with Gasteiger partial charge in [-0.15, -0.1) is 0 Å². The van der Waals surface area contributed by atoms with Gasteiger partial charge >= 0.3 is 0 Å². The normalized spacial score (nSPS) is 9.25. The molecule has 0 aromatic carbocycles. The van der Waals surface area contributed by atoms with Gasteiger partial charge in [-0.2, -0.15) is 5.26 Å². The summed E-state index contributed by atoms with van der Waals surface area (Å²) in [5.74, 6) is 0. The number of hydrazine groups is 1. The van der Waals surface area contributed by atoms with Gasteiger partial charge in [-0.1, -0.05) is 0 Å². The molecule has 0 fully saturated rings. The van der Waals surface area contributed by atoms with Crippen LogP contribution in [0.5, 0.6) is 0 Å². The monoisotopic (exact) mass is 113 g/mol. The smallest absolute Gasteiger partial charge is 0.0635 e. The number of nitriles is 1. The number of nitrogens with one attached hydrogen (secondary N) is 1. The Labute approximate surface area is 49.9 Å². The molecule has 3 heteroatoms. The molecule has 3 nitrogen and oxygen atoms in total. The molecule has 0 aliphatic rings. The molecule has 0 aromatic heterocycles. The molecule has 1 N–H and O–H groups in total. The lowest BCUT2D eigenvalue weighted by Crippen LogP contribution is -2.31. The van der Waals surface area contributed by atoms with Crippen LogP contribution in [0.25, 0.3) is 0 Å². The fourth-order valence-electron chi connectivity index (χ4n) is 0.330. The fraction of sp³-hybridized carbons (Fsp3) is 0.800. The second kappa shape index (κ2) is 4.57. The van der Waals surface area contributed by atoms with E-state index in [1.807, 2.05) is 19.1 Å². The fourth-order valence-corrected chi connectivity index (χ4v) is 0.330. The van der Waals surface area contributed by atoms with Crippen molar-refractivity contribution < 1.29 is 0 Å². The molecule has 0 heterocycles. The number of nitrogens with zero attached hydrogens (tertiary/aromatic N) is 2. The van der Waals surface area contributed by atoms with Crippen molar-refractivity contribution in [3.05, 3.63) is 0 Å². The minimum Gasteiger partial charge on any atom is -0.259 e. The molecule has 0 aliphatic carbocycles. The van der Waals surface area contributed by atoms with Crippen LogP contribution in [0.3, 0.4) is 0 Å². The van der Waals surface area contributed by atoms with Gasteiger partial charge in [-0.25, -0.2) is 5.01 Å². The van der Waals surface area contributed by atoms with Crippen molar-refractivity contribution in [3.63, 3.8) is 0 Å². The molecule has 0 saturated heterocycles. The highest BCUT2D eigenvalue weighted by molar-refractivity contribution is 4.69. The van der Waals surface area contributed by atoms with Crippen molar-refractivity contribution in [3.8, 4) is 6.07 Å². The molecule has 46 valence electrons. The van der Waals surface area contributed by atoms with Gasteiger partial charge in [-0.3, -0.25) is 5.43 Å². The van der Waals surface area contributed by atoms with Crippen LogP contribution in [-0.2, 0) is 0 Å². The molecule has 0 bridgehead atoms. The SMILES string of the molecule is CNN(C)CCC#N. The van der Waals surface area contributed by atoms with Gasteiger partial charge in [0.15, 0.2) is 0 Å².